The van der Waals surface area contributed by atoms with E-state index in [9.17, 15) is 23.3 Å². The minimum absolute atomic E-state index is 0.0635. The highest BCUT2D eigenvalue weighted by Gasteiger charge is 2.24. The lowest BCUT2D eigenvalue weighted by Crippen LogP contribution is -2.41. The van der Waals surface area contributed by atoms with Crippen molar-refractivity contribution in [3.63, 3.8) is 0 Å². The lowest BCUT2D eigenvalue weighted by Gasteiger charge is -2.16. The molecule has 1 aromatic carbocycles. The number of carbonyl (C=O) groups excluding carboxylic acids is 1. The lowest BCUT2D eigenvalue weighted by molar-refractivity contribution is -0.386. The second-order valence-corrected chi connectivity index (χ2v) is 9.38. The number of ether oxygens (including phenoxy) is 1. The van der Waals surface area contributed by atoms with E-state index in [0.29, 0.717) is 10.8 Å². The number of hydrazine groups is 1. The van der Waals surface area contributed by atoms with Crippen molar-refractivity contribution in [2.45, 2.75) is 31.1 Å². The second kappa shape index (κ2) is 7.86. The number of nitro benzene ring substituents is 1. The van der Waals surface area contributed by atoms with E-state index in [0.717, 1.165) is 41.8 Å². The quantitative estimate of drug-likeness (QED) is 0.540. The average Bonchev–Trinajstić information content (AvgIpc) is 3.08. The number of sulfonamides is 1. The maximum absolute atomic E-state index is 12.4. The summed E-state index contributed by atoms with van der Waals surface area (Å²) >= 11 is 1.35. The lowest BCUT2D eigenvalue weighted by atomic mass is 9.90. The van der Waals surface area contributed by atoms with Crippen LogP contribution >= 0.6 is 11.3 Å². The number of nitro groups is 1. The van der Waals surface area contributed by atoms with Gasteiger partial charge in [-0.25, -0.2) is 8.42 Å². The number of aryl methyl sites for hydroxylation is 1. The highest BCUT2D eigenvalue weighted by atomic mass is 32.2. The van der Waals surface area contributed by atoms with E-state index in [1.165, 1.54) is 24.5 Å². The first-order valence-corrected chi connectivity index (χ1v) is 10.8. The van der Waals surface area contributed by atoms with Crippen molar-refractivity contribution in [3.05, 3.63) is 49.7 Å². The molecule has 2 N–H and O–H groups in total. The Morgan fingerprint density at radius 3 is 2.79 bits per heavy atom. The van der Waals surface area contributed by atoms with Crippen molar-refractivity contribution < 1.29 is 22.9 Å². The van der Waals surface area contributed by atoms with Gasteiger partial charge < -0.3 is 4.74 Å². The van der Waals surface area contributed by atoms with Crippen LogP contribution in [0.3, 0.4) is 0 Å². The predicted octanol–water partition coefficient (Wildman–Crippen LogP) is 2.41. The van der Waals surface area contributed by atoms with E-state index in [-0.39, 0.29) is 10.6 Å². The molecule has 1 aromatic heterocycles. The summed E-state index contributed by atoms with van der Waals surface area (Å²) in [5.74, 6) is -0.0765. The number of carbonyl (C=O) groups is 1. The monoisotopic (exact) mass is 425 g/mol. The fourth-order valence-electron chi connectivity index (χ4n) is 3.03. The zero-order chi connectivity index (χ0) is 20.5. The van der Waals surface area contributed by atoms with Gasteiger partial charge in [0.05, 0.1) is 21.8 Å². The van der Waals surface area contributed by atoms with Crippen LogP contribution in [-0.4, -0.2) is 26.4 Å². The number of rotatable bonds is 6. The molecule has 0 saturated carbocycles. The maximum atomic E-state index is 12.4. The molecule has 1 heterocycles. The molecule has 1 atom stereocenters. The first-order valence-electron chi connectivity index (χ1n) is 8.47. The molecule has 0 fully saturated rings. The summed E-state index contributed by atoms with van der Waals surface area (Å²) in [6.07, 6.45) is 2.88. The van der Waals surface area contributed by atoms with Crippen LogP contribution in [0.2, 0.25) is 0 Å². The molecule has 150 valence electrons. The number of nitrogens with zero attached hydrogens (tertiary/aromatic N) is 1. The largest absolute Gasteiger partial charge is 0.490 e. The van der Waals surface area contributed by atoms with Crippen molar-refractivity contribution >= 4 is 33.0 Å². The Morgan fingerprint density at radius 1 is 1.36 bits per heavy atom. The van der Waals surface area contributed by atoms with Gasteiger partial charge in [-0.2, -0.15) is 0 Å². The Morgan fingerprint density at radius 2 is 2.11 bits per heavy atom. The summed E-state index contributed by atoms with van der Waals surface area (Å²) in [6.45, 7) is 2.16. The fourth-order valence-corrected chi connectivity index (χ4v) is 4.99. The summed E-state index contributed by atoms with van der Waals surface area (Å²) in [5.41, 5.74) is 2.81. The van der Waals surface area contributed by atoms with Gasteiger partial charge in [0.2, 0.25) is 0 Å². The van der Waals surface area contributed by atoms with Gasteiger partial charge in [-0.3, -0.25) is 20.3 Å². The molecule has 1 amide bonds. The summed E-state index contributed by atoms with van der Waals surface area (Å²) in [7, 11) is -2.95. The van der Waals surface area contributed by atoms with E-state index in [2.05, 4.69) is 12.3 Å². The molecule has 1 unspecified atom stereocenters. The van der Waals surface area contributed by atoms with E-state index in [4.69, 9.17) is 4.74 Å². The molecular weight excluding hydrogens is 406 g/mol. The molecule has 0 saturated heterocycles. The van der Waals surface area contributed by atoms with Crippen LogP contribution in [0.5, 0.6) is 5.75 Å². The highest BCUT2D eigenvalue weighted by molar-refractivity contribution is 7.89. The Balaban J connectivity index is 1.74. The number of fused-ring (bicyclic) bond motifs is 1. The average molecular weight is 425 g/mol. The molecule has 11 heteroatoms. The van der Waals surface area contributed by atoms with Gasteiger partial charge in [-0.1, -0.05) is 6.92 Å². The van der Waals surface area contributed by atoms with Gasteiger partial charge in [0.1, 0.15) is 0 Å². The first kappa shape index (κ1) is 20.2. The van der Waals surface area contributed by atoms with Crippen LogP contribution in [0.25, 0.3) is 0 Å². The van der Waals surface area contributed by atoms with Crippen molar-refractivity contribution in [1.29, 1.82) is 0 Å². The SMILES string of the molecule is COc1ccc(S(=O)(=O)NNC(=O)c2cc3c(s2)CCC(C)C3)cc1[N+](=O)[O-]. The minimum Gasteiger partial charge on any atom is -0.490 e. The van der Waals surface area contributed by atoms with Crippen LogP contribution in [-0.2, 0) is 22.9 Å². The molecule has 1 aliphatic rings. The van der Waals surface area contributed by atoms with Gasteiger partial charge >= 0.3 is 5.69 Å². The van der Waals surface area contributed by atoms with Crippen molar-refractivity contribution in [1.82, 2.24) is 10.3 Å². The molecular formula is C17H19N3O6S2. The van der Waals surface area contributed by atoms with Crippen LogP contribution in [0.4, 0.5) is 5.69 Å². The van der Waals surface area contributed by atoms with Crippen molar-refractivity contribution in [2.75, 3.05) is 7.11 Å². The second-order valence-electron chi connectivity index (χ2n) is 6.56. The molecule has 9 nitrogen and oxygen atoms in total. The number of methoxy groups -OCH3 is 1. The normalized spacial score (nSPS) is 16.3. The van der Waals surface area contributed by atoms with E-state index >= 15 is 0 Å². The van der Waals surface area contributed by atoms with E-state index < -0.39 is 26.5 Å². The third-order valence-electron chi connectivity index (χ3n) is 4.51. The third kappa shape index (κ3) is 4.16. The smallest absolute Gasteiger partial charge is 0.312 e. The van der Waals surface area contributed by atoms with Crippen LogP contribution < -0.4 is 15.0 Å². The number of hydrogen-bond acceptors (Lipinski definition) is 7. The van der Waals surface area contributed by atoms with Crippen LogP contribution in [0, 0.1) is 16.0 Å². The van der Waals surface area contributed by atoms with Crippen LogP contribution in [0.15, 0.2) is 29.2 Å². The highest BCUT2D eigenvalue weighted by Crippen LogP contribution is 2.32. The number of hydrogen-bond donors (Lipinski definition) is 2. The van der Waals surface area contributed by atoms with Gasteiger partial charge in [0, 0.05) is 10.9 Å². The number of nitrogens with one attached hydrogen (secondary N) is 2. The summed E-state index contributed by atoms with van der Waals surface area (Å²) < 4.78 is 29.6. The van der Waals surface area contributed by atoms with Crippen molar-refractivity contribution in [3.8, 4) is 5.75 Å². The zero-order valence-corrected chi connectivity index (χ0v) is 16.9. The number of amides is 1. The molecule has 2 aromatic rings. The molecule has 0 bridgehead atoms. The Bertz CT molecular complexity index is 1030. The van der Waals surface area contributed by atoms with Gasteiger partial charge in [0.15, 0.2) is 5.75 Å². The molecule has 28 heavy (non-hydrogen) atoms. The van der Waals surface area contributed by atoms with Crippen LogP contribution in [0.1, 0.15) is 33.5 Å². The van der Waals surface area contributed by atoms with Gasteiger partial charge in [-0.05, 0) is 48.9 Å². The fraction of sp³-hybridized carbons (Fsp3) is 0.353. The number of benzene rings is 1. The Hall–Kier alpha value is -2.50. The number of thiophene rings is 1. The summed E-state index contributed by atoms with van der Waals surface area (Å²) in [4.78, 5) is 25.9. The zero-order valence-electron chi connectivity index (χ0n) is 15.2. The topological polar surface area (TPSA) is 128 Å². The standard InChI is InChI=1S/C17H19N3O6S2/c1-10-3-6-15-11(7-10)8-16(27-15)17(21)18-19-28(24,25)12-4-5-14(26-2)13(9-12)20(22)23/h4-5,8-10,19H,3,6-7H2,1-2H3,(H,18,21). The third-order valence-corrected chi connectivity index (χ3v) is 6.99. The summed E-state index contributed by atoms with van der Waals surface area (Å²) in [5, 5.41) is 11.1. The van der Waals surface area contributed by atoms with Gasteiger partial charge in [0.25, 0.3) is 15.9 Å². The molecule has 0 radical (unpaired) electrons. The Labute approximate surface area is 165 Å². The molecule has 3 rings (SSSR count). The maximum Gasteiger partial charge on any atom is 0.312 e. The van der Waals surface area contributed by atoms with E-state index in [1.54, 1.807) is 6.07 Å². The van der Waals surface area contributed by atoms with Gasteiger partial charge in [-0.15, -0.1) is 16.2 Å². The summed E-state index contributed by atoms with van der Waals surface area (Å²) in [6, 6.07) is 5.00. The minimum atomic E-state index is -4.19. The first-order chi connectivity index (χ1) is 13.2. The van der Waals surface area contributed by atoms with Crippen molar-refractivity contribution in [2.24, 2.45) is 5.92 Å². The predicted molar refractivity (Wildman–Crippen MR) is 103 cm³/mol. The molecule has 0 aliphatic heterocycles. The Kier molecular flexibility index (Phi) is 5.68. The van der Waals surface area contributed by atoms with E-state index in [1.807, 2.05) is 4.83 Å². The molecule has 0 spiro atoms. The molecule has 1 aliphatic carbocycles.